The molecule has 1 rings (SSSR count). The summed E-state index contributed by atoms with van der Waals surface area (Å²) in [5, 5.41) is 20.3. The summed E-state index contributed by atoms with van der Waals surface area (Å²) in [5.41, 5.74) is 0.130. The molecule has 0 bridgehead atoms. The van der Waals surface area contributed by atoms with Gasteiger partial charge in [-0.25, -0.2) is 13.2 Å². The number of nitrogens with zero attached hydrogens (tertiary/aromatic N) is 1. The first-order chi connectivity index (χ1) is 8.60. The molecular formula is C12H13F3N2O. The third kappa shape index (κ3) is 3.72. The maximum absolute atomic E-state index is 13.0. The number of hydrogen-bond donors (Lipinski definition) is 2. The highest BCUT2D eigenvalue weighted by atomic mass is 19.2. The fourth-order valence-corrected chi connectivity index (χ4v) is 1.51. The zero-order chi connectivity index (χ0) is 13.5. The summed E-state index contributed by atoms with van der Waals surface area (Å²) in [6.07, 6.45) is 0.899. The van der Waals surface area contributed by atoms with Gasteiger partial charge in [0.2, 0.25) is 0 Å². The van der Waals surface area contributed by atoms with Gasteiger partial charge in [0.1, 0.15) is 0 Å². The lowest BCUT2D eigenvalue weighted by molar-refractivity contribution is 0.243. The van der Waals surface area contributed by atoms with Gasteiger partial charge in [0.25, 0.3) is 0 Å². The highest BCUT2D eigenvalue weighted by Crippen LogP contribution is 2.19. The Balaban J connectivity index is 2.73. The number of hydrogen-bond acceptors (Lipinski definition) is 3. The molecule has 1 aromatic carbocycles. The van der Waals surface area contributed by atoms with Crippen LogP contribution in [0.25, 0.3) is 0 Å². The van der Waals surface area contributed by atoms with Gasteiger partial charge in [-0.05, 0) is 30.7 Å². The van der Waals surface area contributed by atoms with Gasteiger partial charge < -0.3 is 10.4 Å². The monoisotopic (exact) mass is 258 g/mol. The standard InChI is InChI=1S/C12H13F3N2O/c13-9-5-8(6-10(14)12(9)15)11(7-18)17-4-2-1-3-16/h5-6,11,17-18H,1-2,4,7H2. The van der Waals surface area contributed by atoms with E-state index in [1.807, 2.05) is 6.07 Å². The summed E-state index contributed by atoms with van der Waals surface area (Å²) in [6, 6.07) is 2.95. The lowest BCUT2D eigenvalue weighted by Crippen LogP contribution is -2.25. The van der Waals surface area contributed by atoms with Gasteiger partial charge >= 0.3 is 0 Å². The number of rotatable bonds is 6. The summed E-state index contributed by atoms with van der Waals surface area (Å²) in [6.45, 7) is 0.0382. The van der Waals surface area contributed by atoms with Crippen LogP contribution in [0.1, 0.15) is 24.4 Å². The molecule has 0 saturated heterocycles. The predicted molar refractivity (Wildman–Crippen MR) is 59.0 cm³/mol. The lowest BCUT2D eigenvalue weighted by atomic mass is 10.1. The van der Waals surface area contributed by atoms with E-state index < -0.39 is 23.5 Å². The minimum absolute atomic E-state index is 0.130. The van der Waals surface area contributed by atoms with Gasteiger partial charge in [-0.15, -0.1) is 0 Å². The van der Waals surface area contributed by atoms with Crippen LogP contribution in [-0.2, 0) is 0 Å². The Morgan fingerprint density at radius 3 is 2.39 bits per heavy atom. The topological polar surface area (TPSA) is 56.0 Å². The third-order valence-corrected chi connectivity index (χ3v) is 2.45. The van der Waals surface area contributed by atoms with E-state index in [0.717, 1.165) is 12.1 Å². The number of aliphatic hydroxyl groups is 1. The average molecular weight is 258 g/mol. The molecule has 0 radical (unpaired) electrons. The van der Waals surface area contributed by atoms with E-state index in [9.17, 15) is 13.2 Å². The minimum Gasteiger partial charge on any atom is -0.394 e. The van der Waals surface area contributed by atoms with Crippen molar-refractivity contribution in [3.63, 3.8) is 0 Å². The van der Waals surface area contributed by atoms with E-state index in [1.54, 1.807) is 0 Å². The number of halogens is 3. The summed E-state index contributed by atoms with van der Waals surface area (Å²) in [5.74, 6) is -4.11. The van der Waals surface area contributed by atoms with Crippen LogP contribution >= 0.6 is 0 Å². The highest BCUT2D eigenvalue weighted by Gasteiger charge is 2.16. The van der Waals surface area contributed by atoms with Crippen LogP contribution in [0.4, 0.5) is 13.2 Å². The first-order valence-corrected chi connectivity index (χ1v) is 5.45. The number of benzene rings is 1. The molecule has 3 nitrogen and oxygen atoms in total. The normalized spacial score (nSPS) is 12.2. The first kappa shape index (κ1) is 14.5. The second-order valence-corrected chi connectivity index (χ2v) is 3.75. The Morgan fingerprint density at radius 1 is 1.28 bits per heavy atom. The molecule has 18 heavy (non-hydrogen) atoms. The Hall–Kier alpha value is -1.58. The van der Waals surface area contributed by atoms with E-state index in [4.69, 9.17) is 10.4 Å². The Bertz CT molecular complexity index is 422. The molecule has 0 saturated carbocycles. The average Bonchev–Trinajstić information content (AvgIpc) is 2.35. The van der Waals surface area contributed by atoms with E-state index in [-0.39, 0.29) is 12.2 Å². The zero-order valence-corrected chi connectivity index (χ0v) is 9.59. The van der Waals surface area contributed by atoms with Crippen LogP contribution in [0.2, 0.25) is 0 Å². The molecule has 0 fully saturated rings. The summed E-state index contributed by atoms with van der Waals surface area (Å²) in [7, 11) is 0. The molecule has 2 N–H and O–H groups in total. The van der Waals surface area contributed by atoms with Crippen LogP contribution in [0, 0.1) is 28.8 Å². The van der Waals surface area contributed by atoms with E-state index in [0.29, 0.717) is 19.4 Å². The molecule has 0 heterocycles. The van der Waals surface area contributed by atoms with Crippen molar-refractivity contribution in [3.05, 3.63) is 35.1 Å². The van der Waals surface area contributed by atoms with Gasteiger partial charge in [0.15, 0.2) is 17.5 Å². The predicted octanol–water partition coefficient (Wildman–Crippen LogP) is 2.03. The fourth-order valence-electron chi connectivity index (χ4n) is 1.51. The molecule has 0 aliphatic carbocycles. The molecule has 6 heteroatoms. The molecule has 1 atom stereocenters. The molecule has 1 unspecified atom stereocenters. The van der Waals surface area contributed by atoms with Crippen molar-refractivity contribution in [1.82, 2.24) is 5.32 Å². The lowest BCUT2D eigenvalue weighted by Gasteiger charge is -2.16. The number of unbranched alkanes of at least 4 members (excludes halogenated alkanes) is 1. The fraction of sp³-hybridized carbons (Fsp3) is 0.417. The van der Waals surface area contributed by atoms with Gasteiger partial charge in [-0.1, -0.05) is 0 Å². The Labute approximate surface area is 103 Å². The maximum atomic E-state index is 13.0. The van der Waals surface area contributed by atoms with Crippen LogP contribution in [0.3, 0.4) is 0 Å². The minimum atomic E-state index is -1.53. The molecule has 0 spiro atoms. The molecule has 0 amide bonds. The van der Waals surface area contributed by atoms with Crippen molar-refractivity contribution in [1.29, 1.82) is 5.26 Å². The van der Waals surface area contributed by atoms with Crippen molar-refractivity contribution in [3.8, 4) is 6.07 Å². The Morgan fingerprint density at radius 2 is 1.89 bits per heavy atom. The van der Waals surface area contributed by atoms with Crippen molar-refractivity contribution in [2.45, 2.75) is 18.9 Å². The van der Waals surface area contributed by atoms with E-state index >= 15 is 0 Å². The second-order valence-electron chi connectivity index (χ2n) is 3.75. The maximum Gasteiger partial charge on any atom is 0.194 e. The molecular weight excluding hydrogens is 245 g/mol. The first-order valence-electron chi connectivity index (χ1n) is 5.45. The van der Waals surface area contributed by atoms with E-state index in [2.05, 4.69) is 5.32 Å². The van der Waals surface area contributed by atoms with Gasteiger partial charge in [0.05, 0.1) is 18.7 Å². The van der Waals surface area contributed by atoms with Crippen molar-refractivity contribution < 1.29 is 18.3 Å². The number of nitrogens with one attached hydrogen (secondary N) is 1. The van der Waals surface area contributed by atoms with Crippen molar-refractivity contribution in [2.24, 2.45) is 0 Å². The number of aliphatic hydroxyl groups excluding tert-OH is 1. The largest absolute Gasteiger partial charge is 0.394 e. The molecule has 98 valence electrons. The molecule has 0 aliphatic heterocycles. The summed E-state index contributed by atoms with van der Waals surface area (Å²) in [4.78, 5) is 0. The van der Waals surface area contributed by atoms with Crippen molar-refractivity contribution >= 4 is 0 Å². The Kier molecular flexibility index (Phi) is 5.62. The SMILES string of the molecule is N#CCCCNC(CO)c1cc(F)c(F)c(F)c1. The van der Waals surface area contributed by atoms with Gasteiger partial charge in [-0.3, -0.25) is 0 Å². The smallest absolute Gasteiger partial charge is 0.194 e. The van der Waals surface area contributed by atoms with E-state index in [1.165, 1.54) is 0 Å². The van der Waals surface area contributed by atoms with Gasteiger partial charge in [-0.2, -0.15) is 5.26 Å². The zero-order valence-electron chi connectivity index (χ0n) is 9.59. The summed E-state index contributed by atoms with van der Waals surface area (Å²) >= 11 is 0. The highest BCUT2D eigenvalue weighted by molar-refractivity contribution is 5.22. The second kappa shape index (κ2) is 6.99. The van der Waals surface area contributed by atoms with Gasteiger partial charge in [0, 0.05) is 6.42 Å². The molecule has 0 aliphatic rings. The van der Waals surface area contributed by atoms with Crippen LogP contribution < -0.4 is 5.32 Å². The van der Waals surface area contributed by atoms with Crippen molar-refractivity contribution in [2.75, 3.05) is 13.2 Å². The van der Waals surface area contributed by atoms with Crippen LogP contribution in [-0.4, -0.2) is 18.3 Å². The molecule has 0 aromatic heterocycles. The quantitative estimate of drug-likeness (QED) is 0.606. The number of nitriles is 1. The third-order valence-electron chi connectivity index (χ3n) is 2.45. The van der Waals surface area contributed by atoms with Crippen LogP contribution in [0.5, 0.6) is 0 Å². The molecule has 1 aromatic rings. The summed E-state index contributed by atoms with van der Waals surface area (Å²) < 4.78 is 38.8. The van der Waals surface area contributed by atoms with Crippen LogP contribution in [0.15, 0.2) is 12.1 Å².